The smallest absolute Gasteiger partial charge is 0.231 e. The monoisotopic (exact) mass is 351 g/mol. The molecule has 26 heavy (non-hydrogen) atoms. The van der Waals surface area contributed by atoms with Crippen LogP contribution in [0, 0.1) is 6.92 Å². The van der Waals surface area contributed by atoms with E-state index in [4.69, 9.17) is 9.47 Å². The van der Waals surface area contributed by atoms with Gasteiger partial charge in [0, 0.05) is 31.5 Å². The number of aryl methyl sites for hydroxylation is 1. The van der Waals surface area contributed by atoms with E-state index < -0.39 is 0 Å². The number of amides is 1. The molecule has 2 aliphatic rings. The summed E-state index contributed by atoms with van der Waals surface area (Å²) < 4.78 is 10.8. The third-order valence-electron chi connectivity index (χ3n) is 5.07. The van der Waals surface area contributed by atoms with Gasteiger partial charge in [0.1, 0.15) is 0 Å². The van der Waals surface area contributed by atoms with Crippen LogP contribution in [0.2, 0.25) is 0 Å². The lowest BCUT2D eigenvalue weighted by molar-refractivity contribution is -0.132. The van der Waals surface area contributed by atoms with E-state index in [0.29, 0.717) is 18.7 Å². The summed E-state index contributed by atoms with van der Waals surface area (Å²) in [5, 5.41) is 0. The van der Waals surface area contributed by atoms with Crippen molar-refractivity contribution in [3.63, 3.8) is 0 Å². The van der Waals surface area contributed by atoms with E-state index in [1.807, 2.05) is 48.2 Å². The van der Waals surface area contributed by atoms with E-state index in [0.717, 1.165) is 29.0 Å². The third kappa shape index (κ3) is 3.17. The Balaban J connectivity index is 1.39. The highest BCUT2D eigenvalue weighted by molar-refractivity contribution is 5.99. The van der Waals surface area contributed by atoms with E-state index in [-0.39, 0.29) is 31.3 Å². The molecule has 0 bridgehead atoms. The Kier molecular flexibility index (Phi) is 4.37. The number of benzene rings is 2. The average molecular weight is 351 g/mol. The maximum atomic E-state index is 12.6. The van der Waals surface area contributed by atoms with E-state index in [9.17, 15) is 9.59 Å². The summed E-state index contributed by atoms with van der Waals surface area (Å²) >= 11 is 0. The highest BCUT2D eigenvalue weighted by atomic mass is 16.7. The van der Waals surface area contributed by atoms with Gasteiger partial charge in [-0.05, 0) is 42.2 Å². The first-order chi connectivity index (χ1) is 12.6. The predicted molar refractivity (Wildman–Crippen MR) is 96.4 cm³/mol. The minimum Gasteiger partial charge on any atom is -0.454 e. The SMILES string of the molecule is Cc1ccccc1C(=O)CCC(=O)N1CCc2cc3c(cc2C1)OCO3. The summed E-state index contributed by atoms with van der Waals surface area (Å²) in [4.78, 5) is 26.8. The summed E-state index contributed by atoms with van der Waals surface area (Å²) in [6.07, 6.45) is 1.28. The summed E-state index contributed by atoms with van der Waals surface area (Å²) in [6, 6.07) is 11.5. The molecule has 5 nitrogen and oxygen atoms in total. The molecule has 0 fully saturated rings. The number of ether oxygens (including phenoxy) is 2. The zero-order valence-electron chi connectivity index (χ0n) is 14.8. The fourth-order valence-electron chi connectivity index (χ4n) is 3.56. The second-order valence-corrected chi connectivity index (χ2v) is 6.78. The largest absolute Gasteiger partial charge is 0.454 e. The van der Waals surface area contributed by atoms with Crippen LogP contribution >= 0.6 is 0 Å². The van der Waals surface area contributed by atoms with E-state index in [1.54, 1.807) is 0 Å². The number of hydrogen-bond donors (Lipinski definition) is 0. The Hall–Kier alpha value is -2.82. The second-order valence-electron chi connectivity index (χ2n) is 6.78. The van der Waals surface area contributed by atoms with Crippen molar-refractivity contribution < 1.29 is 19.1 Å². The summed E-state index contributed by atoms with van der Waals surface area (Å²) in [5.74, 6) is 1.58. The highest BCUT2D eigenvalue weighted by Gasteiger charge is 2.25. The van der Waals surface area contributed by atoms with Gasteiger partial charge in [0.15, 0.2) is 17.3 Å². The van der Waals surface area contributed by atoms with Crippen LogP contribution in [0.1, 0.15) is 39.9 Å². The number of hydrogen-bond acceptors (Lipinski definition) is 4. The van der Waals surface area contributed by atoms with Crippen LogP contribution in [0.25, 0.3) is 0 Å². The van der Waals surface area contributed by atoms with Crippen molar-refractivity contribution in [2.75, 3.05) is 13.3 Å². The van der Waals surface area contributed by atoms with Crippen LogP contribution in [0.3, 0.4) is 0 Å². The Morgan fingerprint density at radius 2 is 1.77 bits per heavy atom. The zero-order valence-corrected chi connectivity index (χ0v) is 14.8. The van der Waals surface area contributed by atoms with Gasteiger partial charge in [0.05, 0.1) is 0 Å². The molecule has 2 aromatic carbocycles. The molecule has 0 atom stereocenters. The molecule has 134 valence electrons. The van der Waals surface area contributed by atoms with Gasteiger partial charge in [-0.25, -0.2) is 0 Å². The highest BCUT2D eigenvalue weighted by Crippen LogP contribution is 2.36. The van der Waals surface area contributed by atoms with Gasteiger partial charge in [-0.1, -0.05) is 24.3 Å². The molecule has 0 aromatic heterocycles. The molecular formula is C21H21NO4. The van der Waals surface area contributed by atoms with Gasteiger partial charge in [0.25, 0.3) is 0 Å². The lowest BCUT2D eigenvalue weighted by Gasteiger charge is -2.29. The molecule has 0 aliphatic carbocycles. The zero-order chi connectivity index (χ0) is 18.1. The van der Waals surface area contributed by atoms with E-state index >= 15 is 0 Å². The molecule has 0 spiro atoms. The van der Waals surface area contributed by atoms with Crippen molar-refractivity contribution in [3.05, 3.63) is 58.7 Å². The van der Waals surface area contributed by atoms with Crippen molar-refractivity contribution >= 4 is 11.7 Å². The number of rotatable bonds is 4. The molecule has 0 saturated heterocycles. The first kappa shape index (κ1) is 16.6. The number of carbonyl (C=O) groups is 2. The number of carbonyl (C=O) groups excluding carboxylic acids is 2. The van der Waals surface area contributed by atoms with Crippen LogP contribution in [0.15, 0.2) is 36.4 Å². The van der Waals surface area contributed by atoms with Crippen LogP contribution < -0.4 is 9.47 Å². The van der Waals surface area contributed by atoms with E-state index in [1.165, 1.54) is 5.56 Å². The Bertz CT molecular complexity index is 874. The summed E-state index contributed by atoms with van der Waals surface area (Å²) in [7, 11) is 0. The minimum absolute atomic E-state index is 0.0234. The third-order valence-corrected chi connectivity index (χ3v) is 5.07. The topological polar surface area (TPSA) is 55.8 Å². The lowest BCUT2D eigenvalue weighted by Crippen LogP contribution is -2.36. The van der Waals surface area contributed by atoms with Crippen molar-refractivity contribution in [2.24, 2.45) is 0 Å². The Morgan fingerprint density at radius 3 is 2.54 bits per heavy atom. The molecule has 5 heteroatoms. The molecule has 4 rings (SSSR count). The predicted octanol–water partition coefficient (Wildman–Crippen LogP) is 3.27. The molecule has 0 N–H and O–H groups in total. The van der Waals surface area contributed by atoms with Crippen molar-refractivity contribution in [3.8, 4) is 11.5 Å². The molecule has 0 saturated carbocycles. The van der Waals surface area contributed by atoms with Gasteiger partial charge in [-0.15, -0.1) is 0 Å². The first-order valence-corrected chi connectivity index (χ1v) is 8.90. The normalized spacial score (nSPS) is 14.9. The quantitative estimate of drug-likeness (QED) is 0.794. The van der Waals surface area contributed by atoms with Gasteiger partial charge in [0.2, 0.25) is 12.7 Å². The lowest BCUT2D eigenvalue weighted by atomic mass is 9.98. The van der Waals surface area contributed by atoms with Crippen LogP contribution in [-0.2, 0) is 17.8 Å². The molecule has 1 amide bonds. The first-order valence-electron chi connectivity index (χ1n) is 8.90. The number of fused-ring (bicyclic) bond motifs is 2. The molecule has 0 unspecified atom stereocenters. The van der Waals surface area contributed by atoms with Gasteiger partial charge in [-0.2, -0.15) is 0 Å². The number of ketones is 1. The average Bonchev–Trinajstić information content (AvgIpc) is 3.11. The summed E-state index contributed by atoms with van der Waals surface area (Å²) in [6.45, 7) is 3.40. The summed E-state index contributed by atoms with van der Waals surface area (Å²) in [5.41, 5.74) is 3.96. The van der Waals surface area contributed by atoms with Crippen molar-refractivity contribution in [1.82, 2.24) is 4.90 Å². The standard InChI is InChI=1S/C21H21NO4/c1-14-4-2-3-5-17(14)18(23)6-7-21(24)22-9-8-15-10-19-20(26-13-25-19)11-16(15)12-22/h2-5,10-11H,6-9,12-13H2,1H3. The molecular weight excluding hydrogens is 330 g/mol. The molecule has 2 aromatic rings. The Labute approximate surface area is 152 Å². The minimum atomic E-state index is 0.0234. The fraction of sp³-hybridized carbons (Fsp3) is 0.333. The van der Waals surface area contributed by atoms with Gasteiger partial charge < -0.3 is 14.4 Å². The van der Waals surface area contributed by atoms with Gasteiger partial charge in [-0.3, -0.25) is 9.59 Å². The second kappa shape index (κ2) is 6.83. The number of nitrogens with zero attached hydrogens (tertiary/aromatic N) is 1. The molecule has 0 radical (unpaired) electrons. The maximum Gasteiger partial charge on any atom is 0.231 e. The molecule has 2 aliphatic heterocycles. The molecule has 2 heterocycles. The fourth-order valence-corrected chi connectivity index (χ4v) is 3.56. The van der Waals surface area contributed by atoms with Crippen molar-refractivity contribution in [1.29, 1.82) is 0 Å². The van der Waals surface area contributed by atoms with Crippen LogP contribution in [0.4, 0.5) is 0 Å². The Morgan fingerprint density at radius 1 is 1.04 bits per heavy atom. The van der Waals surface area contributed by atoms with Crippen LogP contribution in [-0.4, -0.2) is 29.9 Å². The van der Waals surface area contributed by atoms with Gasteiger partial charge >= 0.3 is 0 Å². The maximum absolute atomic E-state index is 12.6. The van der Waals surface area contributed by atoms with Crippen LogP contribution in [0.5, 0.6) is 11.5 Å². The number of Topliss-reactive ketones (excluding diaryl/α,β-unsaturated/α-hetero) is 1. The van der Waals surface area contributed by atoms with E-state index in [2.05, 4.69) is 0 Å². The van der Waals surface area contributed by atoms with Crippen molar-refractivity contribution in [2.45, 2.75) is 32.7 Å².